The first kappa shape index (κ1) is 10.1. The third kappa shape index (κ3) is 1.99. The number of aryl methyl sites for hydroxylation is 1. The lowest BCUT2D eigenvalue weighted by molar-refractivity contribution is -0.117. The summed E-state index contributed by atoms with van der Waals surface area (Å²) < 4.78 is 0. The zero-order chi connectivity index (χ0) is 10.8. The van der Waals surface area contributed by atoms with Crippen molar-refractivity contribution in [2.24, 2.45) is 5.73 Å². The van der Waals surface area contributed by atoms with Gasteiger partial charge in [0.1, 0.15) is 5.82 Å². The van der Waals surface area contributed by atoms with Crippen molar-refractivity contribution in [3.8, 4) is 0 Å². The van der Waals surface area contributed by atoms with E-state index >= 15 is 0 Å². The number of pyridine rings is 1. The Labute approximate surface area is 89.1 Å². The van der Waals surface area contributed by atoms with Crippen LogP contribution in [0.4, 0.5) is 5.82 Å². The quantitative estimate of drug-likeness (QED) is 0.773. The van der Waals surface area contributed by atoms with Gasteiger partial charge in [0.15, 0.2) is 0 Å². The number of aromatic nitrogens is 1. The molecule has 4 heteroatoms. The monoisotopic (exact) mass is 205 g/mol. The average molecular weight is 205 g/mol. The Hall–Kier alpha value is -1.42. The number of nitrogens with zero attached hydrogens (tertiary/aromatic N) is 2. The molecule has 0 aliphatic carbocycles. The molecule has 1 amide bonds. The maximum Gasteiger partial charge on any atom is 0.229 e. The van der Waals surface area contributed by atoms with Crippen molar-refractivity contribution < 1.29 is 4.79 Å². The molecule has 0 saturated carbocycles. The van der Waals surface area contributed by atoms with Gasteiger partial charge in [-0.2, -0.15) is 0 Å². The van der Waals surface area contributed by atoms with Gasteiger partial charge in [-0.25, -0.2) is 4.98 Å². The second-order valence-corrected chi connectivity index (χ2v) is 3.84. The lowest BCUT2D eigenvalue weighted by atomic mass is 10.2. The van der Waals surface area contributed by atoms with Crippen LogP contribution in [-0.2, 0) is 11.2 Å². The van der Waals surface area contributed by atoms with Gasteiger partial charge in [0.25, 0.3) is 0 Å². The van der Waals surface area contributed by atoms with E-state index in [4.69, 9.17) is 5.73 Å². The Morgan fingerprint density at radius 1 is 1.67 bits per heavy atom. The maximum atomic E-state index is 11.6. The smallest absolute Gasteiger partial charge is 0.229 e. The van der Waals surface area contributed by atoms with Crippen LogP contribution in [0, 0.1) is 0 Å². The molecule has 2 N–H and O–H groups in total. The standard InChI is InChI=1S/C11H15N3O/c1-2-8-3-4-13-10(5-8)14-7-9(12)6-11(14)15/h3-5,9H,2,6-7,12H2,1H3. The topological polar surface area (TPSA) is 59.2 Å². The number of rotatable bonds is 2. The van der Waals surface area contributed by atoms with Gasteiger partial charge in [-0.1, -0.05) is 6.92 Å². The van der Waals surface area contributed by atoms with E-state index in [1.807, 2.05) is 12.1 Å². The highest BCUT2D eigenvalue weighted by molar-refractivity contribution is 5.95. The van der Waals surface area contributed by atoms with E-state index in [1.165, 1.54) is 5.56 Å². The van der Waals surface area contributed by atoms with Crippen molar-refractivity contribution in [1.29, 1.82) is 0 Å². The van der Waals surface area contributed by atoms with E-state index in [2.05, 4.69) is 11.9 Å². The summed E-state index contributed by atoms with van der Waals surface area (Å²) in [6.45, 7) is 2.66. The fraction of sp³-hybridized carbons (Fsp3) is 0.455. The van der Waals surface area contributed by atoms with Crippen LogP contribution in [0.15, 0.2) is 18.3 Å². The van der Waals surface area contributed by atoms with Crippen molar-refractivity contribution in [1.82, 2.24) is 4.98 Å². The SMILES string of the molecule is CCc1ccnc(N2CC(N)CC2=O)c1. The highest BCUT2D eigenvalue weighted by atomic mass is 16.2. The Kier molecular flexibility index (Phi) is 2.68. The fourth-order valence-corrected chi connectivity index (χ4v) is 1.78. The highest BCUT2D eigenvalue weighted by Crippen LogP contribution is 2.19. The minimum atomic E-state index is -0.0513. The summed E-state index contributed by atoms with van der Waals surface area (Å²) in [7, 11) is 0. The molecule has 15 heavy (non-hydrogen) atoms. The van der Waals surface area contributed by atoms with E-state index in [0.717, 1.165) is 12.2 Å². The Morgan fingerprint density at radius 3 is 3.07 bits per heavy atom. The molecule has 4 nitrogen and oxygen atoms in total. The van der Waals surface area contributed by atoms with Crippen LogP contribution in [0.5, 0.6) is 0 Å². The number of hydrogen-bond acceptors (Lipinski definition) is 3. The van der Waals surface area contributed by atoms with E-state index in [-0.39, 0.29) is 11.9 Å². The largest absolute Gasteiger partial charge is 0.326 e. The lowest BCUT2D eigenvalue weighted by Gasteiger charge is -2.15. The zero-order valence-corrected chi connectivity index (χ0v) is 8.81. The molecule has 1 aromatic heterocycles. The molecule has 2 heterocycles. The first-order valence-corrected chi connectivity index (χ1v) is 5.21. The molecule has 1 unspecified atom stereocenters. The minimum Gasteiger partial charge on any atom is -0.326 e. The van der Waals surface area contributed by atoms with Crippen LogP contribution in [0.1, 0.15) is 18.9 Å². The van der Waals surface area contributed by atoms with Crippen molar-refractivity contribution in [2.75, 3.05) is 11.4 Å². The summed E-state index contributed by atoms with van der Waals surface area (Å²) >= 11 is 0. The molecule has 1 aliphatic heterocycles. The van der Waals surface area contributed by atoms with Crippen LogP contribution in [0.25, 0.3) is 0 Å². The van der Waals surface area contributed by atoms with Gasteiger partial charge >= 0.3 is 0 Å². The summed E-state index contributed by atoms with van der Waals surface area (Å²) in [5.41, 5.74) is 6.92. The second kappa shape index (κ2) is 3.98. The summed E-state index contributed by atoms with van der Waals surface area (Å²) in [5.74, 6) is 0.801. The van der Waals surface area contributed by atoms with Gasteiger partial charge < -0.3 is 5.73 Å². The molecular formula is C11H15N3O. The van der Waals surface area contributed by atoms with Gasteiger partial charge in [0, 0.05) is 25.2 Å². The molecule has 80 valence electrons. The fourth-order valence-electron chi connectivity index (χ4n) is 1.78. The molecule has 2 rings (SSSR count). The molecule has 1 fully saturated rings. The summed E-state index contributed by atoms with van der Waals surface area (Å²) in [6.07, 6.45) is 3.12. The van der Waals surface area contributed by atoms with Crippen molar-refractivity contribution in [2.45, 2.75) is 25.8 Å². The van der Waals surface area contributed by atoms with E-state index in [0.29, 0.717) is 13.0 Å². The molecule has 1 saturated heterocycles. The predicted octanol–water partition coefficient (Wildman–Crippen LogP) is 0.708. The van der Waals surface area contributed by atoms with E-state index < -0.39 is 0 Å². The van der Waals surface area contributed by atoms with Gasteiger partial charge in [0.2, 0.25) is 5.91 Å². The van der Waals surface area contributed by atoms with Crippen molar-refractivity contribution in [3.05, 3.63) is 23.9 Å². The van der Waals surface area contributed by atoms with Crippen LogP contribution in [0.2, 0.25) is 0 Å². The van der Waals surface area contributed by atoms with Gasteiger partial charge in [0.05, 0.1) is 0 Å². The van der Waals surface area contributed by atoms with Gasteiger partial charge in [-0.05, 0) is 24.1 Å². The number of anilines is 1. The van der Waals surface area contributed by atoms with Gasteiger partial charge in [-0.15, -0.1) is 0 Å². The average Bonchev–Trinajstić information content (AvgIpc) is 2.58. The summed E-state index contributed by atoms with van der Waals surface area (Å²) in [6, 6.07) is 3.87. The summed E-state index contributed by atoms with van der Waals surface area (Å²) in [4.78, 5) is 17.5. The van der Waals surface area contributed by atoms with Gasteiger partial charge in [-0.3, -0.25) is 9.69 Å². The third-order valence-corrected chi connectivity index (χ3v) is 2.65. The molecule has 0 bridgehead atoms. The molecular weight excluding hydrogens is 190 g/mol. The third-order valence-electron chi connectivity index (χ3n) is 2.65. The Morgan fingerprint density at radius 2 is 2.47 bits per heavy atom. The first-order chi connectivity index (χ1) is 7.20. The molecule has 0 aromatic carbocycles. The number of nitrogens with two attached hydrogens (primary N) is 1. The molecule has 1 aromatic rings. The predicted molar refractivity (Wildman–Crippen MR) is 58.6 cm³/mol. The van der Waals surface area contributed by atoms with Crippen LogP contribution < -0.4 is 10.6 Å². The van der Waals surface area contributed by atoms with E-state index in [1.54, 1.807) is 11.1 Å². The molecule has 0 radical (unpaired) electrons. The maximum absolute atomic E-state index is 11.6. The van der Waals surface area contributed by atoms with Crippen LogP contribution >= 0.6 is 0 Å². The number of carbonyl (C=O) groups is 1. The second-order valence-electron chi connectivity index (χ2n) is 3.84. The van der Waals surface area contributed by atoms with Crippen molar-refractivity contribution in [3.63, 3.8) is 0 Å². The first-order valence-electron chi connectivity index (χ1n) is 5.21. The minimum absolute atomic E-state index is 0.0513. The highest BCUT2D eigenvalue weighted by Gasteiger charge is 2.28. The zero-order valence-electron chi connectivity index (χ0n) is 8.81. The van der Waals surface area contributed by atoms with Crippen molar-refractivity contribution >= 4 is 11.7 Å². The Balaban J connectivity index is 2.25. The normalized spacial score (nSPS) is 21.1. The van der Waals surface area contributed by atoms with E-state index in [9.17, 15) is 4.79 Å². The molecule has 1 atom stereocenters. The number of carbonyl (C=O) groups excluding carboxylic acids is 1. The molecule has 0 spiro atoms. The number of hydrogen-bond donors (Lipinski definition) is 1. The lowest BCUT2D eigenvalue weighted by Crippen LogP contribution is -2.28. The van der Waals surface area contributed by atoms with Crippen LogP contribution in [0.3, 0.4) is 0 Å². The Bertz CT molecular complexity index is 378. The number of amides is 1. The molecule has 1 aliphatic rings. The van der Waals surface area contributed by atoms with Crippen LogP contribution in [-0.4, -0.2) is 23.5 Å². The summed E-state index contributed by atoms with van der Waals surface area (Å²) in [5, 5.41) is 0.